The summed E-state index contributed by atoms with van der Waals surface area (Å²) < 4.78 is 36.9. The summed E-state index contributed by atoms with van der Waals surface area (Å²) in [6.45, 7) is 4.08. The van der Waals surface area contributed by atoms with E-state index in [0.29, 0.717) is 23.4 Å². The van der Waals surface area contributed by atoms with E-state index < -0.39 is 11.6 Å². The van der Waals surface area contributed by atoms with E-state index in [-0.39, 0.29) is 56.2 Å². The van der Waals surface area contributed by atoms with E-state index in [1.807, 2.05) is 20.2 Å². The third-order valence-electron chi connectivity index (χ3n) is 7.55. The van der Waals surface area contributed by atoms with E-state index in [4.69, 9.17) is 10.5 Å². The van der Waals surface area contributed by atoms with Crippen molar-refractivity contribution in [3.05, 3.63) is 40.7 Å². The number of hydrogen-bond donors (Lipinski definition) is 1. The number of fused-ring (bicyclic) bond motifs is 4. The standard InChI is InChI=1S/C25H23F2N7OS/c1-25(33(2)3)4-5-34(11-25)24-31-7-13-14-9-35-10-15(14)17(19(27)20(13)32-24)21-18-12(6-28)23(29)36-22(18)16(26)8-30-21/h7-8H,4-5,9-11,29H2,1-3H3/t25-/m0/s1. The van der Waals surface area contributed by atoms with Crippen molar-refractivity contribution in [3.8, 4) is 17.3 Å². The minimum Gasteiger partial charge on any atom is -0.389 e. The molecular weight excluding hydrogens is 484 g/mol. The maximum absolute atomic E-state index is 16.4. The molecule has 1 atom stereocenters. The molecule has 0 unspecified atom stereocenters. The van der Waals surface area contributed by atoms with E-state index in [1.54, 1.807) is 6.20 Å². The molecule has 2 N–H and O–H groups in total. The van der Waals surface area contributed by atoms with Gasteiger partial charge in [0.15, 0.2) is 11.6 Å². The van der Waals surface area contributed by atoms with Crippen LogP contribution in [0.5, 0.6) is 0 Å². The molecule has 1 aromatic carbocycles. The van der Waals surface area contributed by atoms with Crippen molar-refractivity contribution >= 4 is 43.3 Å². The van der Waals surface area contributed by atoms with Gasteiger partial charge >= 0.3 is 0 Å². The second kappa shape index (κ2) is 8.03. The molecule has 2 aliphatic rings. The number of likely N-dealkylation sites (N-methyl/N-ethyl adjacent to an activating group) is 1. The summed E-state index contributed by atoms with van der Waals surface area (Å²) in [5.74, 6) is -0.753. The van der Waals surface area contributed by atoms with Crippen LogP contribution in [0.1, 0.15) is 30.0 Å². The largest absolute Gasteiger partial charge is 0.389 e. The quantitative estimate of drug-likeness (QED) is 0.440. The lowest BCUT2D eigenvalue weighted by Crippen LogP contribution is -2.43. The van der Waals surface area contributed by atoms with Crippen LogP contribution in [0, 0.1) is 23.0 Å². The molecule has 0 spiro atoms. The molecule has 184 valence electrons. The van der Waals surface area contributed by atoms with E-state index in [1.165, 1.54) is 0 Å². The topological polar surface area (TPSA) is 104 Å². The molecule has 6 rings (SSSR count). The summed E-state index contributed by atoms with van der Waals surface area (Å²) in [7, 11) is 4.09. The number of nitrogens with two attached hydrogens (primary N) is 1. The maximum Gasteiger partial charge on any atom is 0.226 e. The highest BCUT2D eigenvalue weighted by atomic mass is 32.1. The van der Waals surface area contributed by atoms with Gasteiger partial charge in [-0.1, -0.05) is 0 Å². The summed E-state index contributed by atoms with van der Waals surface area (Å²) in [5, 5.41) is 10.7. The number of rotatable bonds is 3. The highest BCUT2D eigenvalue weighted by Crippen LogP contribution is 2.45. The van der Waals surface area contributed by atoms with Gasteiger partial charge in [-0.2, -0.15) is 5.26 Å². The Morgan fingerprint density at radius 1 is 1.22 bits per heavy atom. The number of nitrogen functional groups attached to an aromatic ring is 1. The van der Waals surface area contributed by atoms with Crippen LogP contribution in [0.15, 0.2) is 12.4 Å². The molecule has 1 fully saturated rings. The molecule has 1 saturated heterocycles. The van der Waals surface area contributed by atoms with Crippen molar-refractivity contribution in [1.29, 1.82) is 5.26 Å². The molecule has 4 aromatic rings. The molecule has 0 amide bonds. The number of thiophene rings is 1. The fraction of sp³-hybridized carbons (Fsp3) is 0.360. The monoisotopic (exact) mass is 507 g/mol. The summed E-state index contributed by atoms with van der Waals surface area (Å²) in [5.41, 5.74) is 7.92. The number of benzene rings is 1. The number of aromatic nitrogens is 3. The first kappa shape index (κ1) is 23.0. The summed E-state index contributed by atoms with van der Waals surface area (Å²) >= 11 is 0.953. The fourth-order valence-corrected chi connectivity index (χ4v) is 6.09. The molecule has 3 aromatic heterocycles. The zero-order chi connectivity index (χ0) is 25.4. The van der Waals surface area contributed by atoms with Crippen LogP contribution in [0.3, 0.4) is 0 Å². The number of pyridine rings is 1. The fourth-order valence-electron chi connectivity index (χ4n) is 5.17. The third-order valence-corrected chi connectivity index (χ3v) is 8.57. The van der Waals surface area contributed by atoms with Crippen molar-refractivity contribution in [2.24, 2.45) is 0 Å². The van der Waals surface area contributed by atoms with Crippen LogP contribution >= 0.6 is 11.3 Å². The van der Waals surface area contributed by atoms with Crippen LogP contribution < -0.4 is 10.6 Å². The van der Waals surface area contributed by atoms with Gasteiger partial charge in [-0.05, 0) is 38.6 Å². The maximum atomic E-state index is 16.4. The van der Waals surface area contributed by atoms with E-state index >= 15 is 4.39 Å². The van der Waals surface area contributed by atoms with Gasteiger partial charge in [-0.15, -0.1) is 11.3 Å². The average Bonchev–Trinajstić information content (AvgIpc) is 3.58. The number of anilines is 2. The molecule has 5 heterocycles. The Labute approximate surface area is 209 Å². The predicted molar refractivity (Wildman–Crippen MR) is 135 cm³/mol. The average molecular weight is 508 g/mol. The summed E-state index contributed by atoms with van der Waals surface area (Å²) in [6.07, 6.45) is 3.62. The Morgan fingerprint density at radius 3 is 2.72 bits per heavy atom. The lowest BCUT2D eigenvalue weighted by atomic mass is 9.94. The van der Waals surface area contributed by atoms with Gasteiger partial charge in [0, 0.05) is 41.2 Å². The van der Waals surface area contributed by atoms with Crippen LogP contribution in [0.2, 0.25) is 0 Å². The zero-order valence-corrected chi connectivity index (χ0v) is 20.8. The molecule has 0 bridgehead atoms. The number of nitrogens with zero attached hydrogens (tertiary/aromatic N) is 6. The van der Waals surface area contributed by atoms with Gasteiger partial charge < -0.3 is 20.3 Å². The molecule has 0 saturated carbocycles. The minimum atomic E-state index is -0.608. The van der Waals surface area contributed by atoms with E-state index in [0.717, 1.165) is 36.1 Å². The molecule has 11 heteroatoms. The Morgan fingerprint density at radius 2 is 2.00 bits per heavy atom. The minimum absolute atomic E-state index is 0.0377. The van der Waals surface area contributed by atoms with Gasteiger partial charge in [0.25, 0.3) is 0 Å². The normalized spacial score (nSPS) is 19.5. The van der Waals surface area contributed by atoms with Crippen molar-refractivity contribution in [3.63, 3.8) is 0 Å². The Hall–Kier alpha value is -3.46. The Balaban J connectivity index is 1.60. The predicted octanol–water partition coefficient (Wildman–Crippen LogP) is 4.20. The molecule has 0 aliphatic carbocycles. The van der Waals surface area contributed by atoms with Crippen LogP contribution in [0.25, 0.3) is 32.2 Å². The molecule has 0 radical (unpaired) electrons. The molecule has 2 aliphatic heterocycles. The Bertz CT molecular complexity index is 1610. The Kier molecular flexibility index (Phi) is 5.12. The van der Waals surface area contributed by atoms with Gasteiger partial charge in [0.2, 0.25) is 5.95 Å². The first-order valence-electron chi connectivity index (χ1n) is 11.5. The van der Waals surface area contributed by atoms with Crippen molar-refractivity contribution in [2.45, 2.75) is 32.1 Å². The van der Waals surface area contributed by atoms with Gasteiger partial charge in [0.05, 0.1) is 35.4 Å². The first-order valence-corrected chi connectivity index (χ1v) is 12.3. The lowest BCUT2D eigenvalue weighted by Gasteiger charge is -2.32. The van der Waals surface area contributed by atoms with Gasteiger partial charge in [0.1, 0.15) is 16.6 Å². The number of ether oxygens (including phenoxy) is 1. The van der Waals surface area contributed by atoms with E-state index in [9.17, 15) is 9.65 Å². The van der Waals surface area contributed by atoms with Gasteiger partial charge in [-0.25, -0.2) is 18.7 Å². The zero-order valence-electron chi connectivity index (χ0n) is 20.0. The molecule has 8 nitrogen and oxygen atoms in total. The second-order valence-electron chi connectivity index (χ2n) is 9.75. The number of hydrogen-bond acceptors (Lipinski definition) is 9. The van der Waals surface area contributed by atoms with Crippen LogP contribution in [-0.2, 0) is 18.0 Å². The number of nitriles is 1. The SMILES string of the molecule is CN(C)[C@@]1(C)CCN(c2ncc3c4c(c(-c5ncc(F)c6sc(N)c(C#N)c56)c(F)c3n2)COC4)C1. The lowest BCUT2D eigenvalue weighted by molar-refractivity contribution is 0.135. The van der Waals surface area contributed by atoms with Crippen LogP contribution in [-0.4, -0.2) is 52.6 Å². The molecular formula is C25H23F2N7OS. The highest BCUT2D eigenvalue weighted by Gasteiger charge is 2.37. The number of halogens is 2. The smallest absolute Gasteiger partial charge is 0.226 e. The molecule has 36 heavy (non-hydrogen) atoms. The highest BCUT2D eigenvalue weighted by molar-refractivity contribution is 7.23. The van der Waals surface area contributed by atoms with E-state index in [2.05, 4.69) is 31.7 Å². The third kappa shape index (κ3) is 3.18. The van der Waals surface area contributed by atoms with Crippen molar-refractivity contribution in [2.75, 3.05) is 37.8 Å². The van der Waals surface area contributed by atoms with Gasteiger partial charge in [-0.3, -0.25) is 4.98 Å². The van der Waals surface area contributed by atoms with Crippen molar-refractivity contribution < 1.29 is 13.5 Å². The van der Waals surface area contributed by atoms with Crippen LogP contribution in [0.4, 0.5) is 19.7 Å². The first-order chi connectivity index (χ1) is 17.2. The van der Waals surface area contributed by atoms with Crippen molar-refractivity contribution in [1.82, 2.24) is 19.9 Å². The second-order valence-corrected chi connectivity index (χ2v) is 10.8. The summed E-state index contributed by atoms with van der Waals surface area (Å²) in [4.78, 5) is 17.7. The summed E-state index contributed by atoms with van der Waals surface area (Å²) in [6, 6.07) is 2.03.